The van der Waals surface area contributed by atoms with E-state index in [1.165, 1.54) is 276 Å². The fourth-order valence-corrected chi connectivity index (χ4v) is 10.1. The average molecular weight is 1020 g/mol. The van der Waals surface area contributed by atoms with Gasteiger partial charge >= 0.3 is 17.9 Å². The van der Waals surface area contributed by atoms with E-state index in [0.29, 0.717) is 19.3 Å². The van der Waals surface area contributed by atoms with E-state index in [2.05, 4.69) is 32.9 Å². The lowest BCUT2D eigenvalue weighted by molar-refractivity contribution is -0.167. The normalized spacial score (nSPS) is 12.0. The number of hydrogen-bond donors (Lipinski definition) is 0. The van der Waals surface area contributed by atoms with E-state index in [1.54, 1.807) is 0 Å². The summed E-state index contributed by atoms with van der Waals surface area (Å²) in [7, 11) is 0. The van der Waals surface area contributed by atoms with Crippen molar-refractivity contribution in [1.82, 2.24) is 0 Å². The van der Waals surface area contributed by atoms with Gasteiger partial charge in [-0.1, -0.05) is 322 Å². The van der Waals surface area contributed by atoms with Crippen LogP contribution in [0.1, 0.15) is 374 Å². The van der Waals surface area contributed by atoms with Crippen LogP contribution in [0.25, 0.3) is 0 Å². The predicted molar refractivity (Wildman–Crippen MR) is 312 cm³/mol. The molecule has 0 N–H and O–H groups in total. The highest BCUT2D eigenvalue weighted by Gasteiger charge is 2.19. The molecule has 0 aromatic rings. The third-order valence-electron chi connectivity index (χ3n) is 15.0. The van der Waals surface area contributed by atoms with Crippen LogP contribution >= 0.6 is 0 Å². The lowest BCUT2D eigenvalue weighted by atomic mass is 10.0. The zero-order valence-corrected chi connectivity index (χ0v) is 49.0. The molecule has 0 fully saturated rings. The van der Waals surface area contributed by atoms with E-state index in [4.69, 9.17) is 14.2 Å². The molecule has 72 heavy (non-hydrogen) atoms. The summed E-state index contributed by atoms with van der Waals surface area (Å²) in [5, 5.41) is 0. The fraction of sp³-hybridized carbons (Fsp3) is 0.924. The Balaban J connectivity index is 4.22. The van der Waals surface area contributed by atoms with E-state index in [9.17, 15) is 14.4 Å². The van der Waals surface area contributed by atoms with Gasteiger partial charge in [0.05, 0.1) is 0 Å². The minimum absolute atomic E-state index is 0.0634. The van der Waals surface area contributed by atoms with Gasteiger partial charge in [-0.2, -0.15) is 0 Å². The zero-order chi connectivity index (χ0) is 52.2. The third-order valence-corrected chi connectivity index (χ3v) is 15.0. The van der Waals surface area contributed by atoms with E-state index < -0.39 is 6.10 Å². The third kappa shape index (κ3) is 59.0. The minimum Gasteiger partial charge on any atom is -0.462 e. The summed E-state index contributed by atoms with van der Waals surface area (Å²) < 4.78 is 16.9. The lowest BCUT2D eigenvalue weighted by Gasteiger charge is -2.18. The number of allylic oxidation sites excluding steroid dienone is 2. The summed E-state index contributed by atoms with van der Waals surface area (Å²) >= 11 is 0. The van der Waals surface area contributed by atoms with Crippen LogP contribution in [0.2, 0.25) is 0 Å². The smallest absolute Gasteiger partial charge is 0.306 e. The van der Waals surface area contributed by atoms with Crippen LogP contribution in [0.4, 0.5) is 0 Å². The largest absolute Gasteiger partial charge is 0.462 e. The molecule has 0 heterocycles. The molecule has 6 nitrogen and oxygen atoms in total. The van der Waals surface area contributed by atoms with Crippen molar-refractivity contribution in [2.24, 2.45) is 0 Å². The Morgan fingerprint density at radius 1 is 0.264 bits per heavy atom. The van der Waals surface area contributed by atoms with Crippen molar-refractivity contribution in [3.63, 3.8) is 0 Å². The lowest BCUT2D eigenvalue weighted by Crippen LogP contribution is -2.30. The first-order chi connectivity index (χ1) is 35.5. The molecule has 0 radical (unpaired) electrons. The Labute approximate surface area is 450 Å². The molecule has 1 atom stereocenters. The number of carbonyl (C=O) groups excluding carboxylic acids is 3. The molecule has 0 aliphatic rings. The number of esters is 3. The summed E-state index contributed by atoms with van der Waals surface area (Å²) in [4.78, 5) is 38.3. The minimum atomic E-state index is -0.765. The van der Waals surface area contributed by atoms with E-state index in [1.807, 2.05) is 0 Å². The maximum Gasteiger partial charge on any atom is 0.306 e. The van der Waals surface area contributed by atoms with Crippen LogP contribution in [-0.2, 0) is 28.6 Å². The van der Waals surface area contributed by atoms with Crippen molar-refractivity contribution >= 4 is 17.9 Å². The maximum atomic E-state index is 12.9. The molecule has 0 aliphatic heterocycles. The van der Waals surface area contributed by atoms with Crippen LogP contribution in [0, 0.1) is 0 Å². The number of ether oxygens (including phenoxy) is 3. The molecular formula is C66H126O6. The van der Waals surface area contributed by atoms with Gasteiger partial charge in [0.25, 0.3) is 0 Å². The first-order valence-corrected chi connectivity index (χ1v) is 32.7. The van der Waals surface area contributed by atoms with E-state index in [-0.39, 0.29) is 31.1 Å². The topological polar surface area (TPSA) is 78.9 Å². The molecular weight excluding hydrogens is 889 g/mol. The first-order valence-electron chi connectivity index (χ1n) is 32.7. The molecule has 426 valence electrons. The van der Waals surface area contributed by atoms with Gasteiger partial charge in [0, 0.05) is 19.3 Å². The molecule has 0 bridgehead atoms. The first kappa shape index (κ1) is 70.1. The second-order valence-electron chi connectivity index (χ2n) is 22.4. The van der Waals surface area contributed by atoms with Crippen molar-refractivity contribution in [2.45, 2.75) is 380 Å². The van der Waals surface area contributed by atoms with Gasteiger partial charge in [-0.3, -0.25) is 14.4 Å². The van der Waals surface area contributed by atoms with Gasteiger partial charge < -0.3 is 14.2 Å². The van der Waals surface area contributed by atoms with E-state index >= 15 is 0 Å². The van der Waals surface area contributed by atoms with Gasteiger partial charge in [0.1, 0.15) is 13.2 Å². The molecule has 0 rings (SSSR count). The predicted octanol–water partition coefficient (Wildman–Crippen LogP) is 22.1. The standard InChI is InChI=1S/C66H126O6/c1-4-7-10-13-16-19-22-25-27-29-31-32-33-34-36-37-39-41-44-47-50-53-56-59-65(68)71-62-63(61-70-64(67)58-55-52-49-46-43-24-21-18-15-12-9-6-3)72-66(69)60-57-54-51-48-45-42-40-38-35-30-28-26-23-20-17-14-11-8-5-2/h29,31,63H,4-28,30,32-62H2,1-3H3/b31-29-. The van der Waals surface area contributed by atoms with Crippen LogP contribution < -0.4 is 0 Å². The Morgan fingerprint density at radius 3 is 0.694 bits per heavy atom. The summed E-state index contributed by atoms with van der Waals surface area (Å²) in [6.45, 7) is 6.71. The van der Waals surface area contributed by atoms with Crippen LogP contribution in [0.15, 0.2) is 12.2 Å². The van der Waals surface area contributed by atoms with Gasteiger partial charge in [0.2, 0.25) is 0 Å². The van der Waals surface area contributed by atoms with Gasteiger partial charge in [-0.15, -0.1) is 0 Å². The maximum absolute atomic E-state index is 12.9. The highest BCUT2D eigenvalue weighted by Crippen LogP contribution is 2.18. The van der Waals surface area contributed by atoms with Crippen molar-refractivity contribution in [3.8, 4) is 0 Å². The molecule has 0 aliphatic carbocycles. The molecule has 6 heteroatoms. The van der Waals surface area contributed by atoms with Crippen LogP contribution in [-0.4, -0.2) is 37.2 Å². The van der Waals surface area contributed by atoms with Crippen molar-refractivity contribution in [3.05, 3.63) is 12.2 Å². The summed E-state index contributed by atoms with van der Waals surface area (Å²) in [5.41, 5.74) is 0. The Hall–Kier alpha value is -1.85. The van der Waals surface area contributed by atoms with Crippen LogP contribution in [0.3, 0.4) is 0 Å². The quantitative estimate of drug-likeness (QED) is 0.0261. The van der Waals surface area contributed by atoms with Gasteiger partial charge in [-0.25, -0.2) is 0 Å². The number of unbranched alkanes of at least 4 members (excludes halogenated alkanes) is 48. The Morgan fingerprint density at radius 2 is 0.458 bits per heavy atom. The SMILES string of the molecule is CCCCCCCCCC/C=C\CCCCCCCCCCCCCC(=O)OCC(COC(=O)CCCCCCCCCCCCCC)OC(=O)CCCCCCCCCCCCCCCCCCCCC. The van der Waals surface area contributed by atoms with Crippen LogP contribution in [0.5, 0.6) is 0 Å². The molecule has 1 unspecified atom stereocenters. The number of carbonyl (C=O) groups is 3. The summed E-state index contributed by atoms with van der Waals surface area (Å²) in [6.07, 6.45) is 72.2. The number of rotatable bonds is 61. The summed E-state index contributed by atoms with van der Waals surface area (Å²) in [6, 6.07) is 0. The number of hydrogen-bond acceptors (Lipinski definition) is 6. The molecule has 0 saturated heterocycles. The van der Waals surface area contributed by atoms with Crippen molar-refractivity contribution in [1.29, 1.82) is 0 Å². The molecule has 0 aromatic carbocycles. The van der Waals surface area contributed by atoms with E-state index in [0.717, 1.165) is 57.8 Å². The second kappa shape index (κ2) is 61.7. The highest BCUT2D eigenvalue weighted by atomic mass is 16.6. The van der Waals surface area contributed by atoms with Crippen molar-refractivity contribution < 1.29 is 28.6 Å². The zero-order valence-electron chi connectivity index (χ0n) is 49.0. The van der Waals surface area contributed by atoms with Gasteiger partial charge in [0.15, 0.2) is 6.10 Å². The molecule has 0 spiro atoms. The Kier molecular flexibility index (Phi) is 60.1. The Bertz CT molecular complexity index is 1120. The summed E-state index contributed by atoms with van der Waals surface area (Å²) in [5.74, 6) is -0.833. The van der Waals surface area contributed by atoms with Crippen molar-refractivity contribution in [2.75, 3.05) is 13.2 Å². The molecule has 0 amide bonds. The monoisotopic (exact) mass is 1010 g/mol. The second-order valence-corrected chi connectivity index (χ2v) is 22.4. The highest BCUT2D eigenvalue weighted by molar-refractivity contribution is 5.71. The molecule has 0 aromatic heterocycles. The fourth-order valence-electron chi connectivity index (χ4n) is 10.1. The molecule has 0 saturated carbocycles. The van der Waals surface area contributed by atoms with Gasteiger partial charge in [-0.05, 0) is 44.9 Å². The average Bonchev–Trinajstić information content (AvgIpc) is 3.38.